The topological polar surface area (TPSA) is 49.0 Å². The lowest BCUT2D eigenvalue weighted by Gasteiger charge is -2.23. The molecule has 0 atom stereocenters. The van der Waals surface area contributed by atoms with Crippen molar-refractivity contribution in [2.45, 2.75) is 13.2 Å². The molecule has 1 N–H and O–H groups in total. The highest BCUT2D eigenvalue weighted by Crippen LogP contribution is 2.36. The molecule has 0 amide bonds. The molecule has 0 bridgehead atoms. The van der Waals surface area contributed by atoms with E-state index in [1.165, 1.54) is 0 Å². The molecule has 0 saturated heterocycles. The number of hydrogen-bond donors (Lipinski definition) is 1. The average Bonchev–Trinajstić information content (AvgIpc) is 2.37. The molecule has 0 radical (unpaired) electrons. The summed E-state index contributed by atoms with van der Waals surface area (Å²) in [6.45, 7) is 2.26. The van der Waals surface area contributed by atoms with Crippen LogP contribution in [0.15, 0.2) is 12.1 Å². The van der Waals surface area contributed by atoms with Crippen LogP contribution >= 0.6 is 0 Å². The largest absolute Gasteiger partial charge is 0.486 e. The Morgan fingerprint density at radius 1 is 1.24 bits per heavy atom. The van der Waals surface area contributed by atoms with Crippen molar-refractivity contribution < 1.29 is 19.0 Å². The van der Waals surface area contributed by atoms with Crippen LogP contribution in [0.3, 0.4) is 0 Å². The third-order valence-electron chi connectivity index (χ3n) is 2.60. The molecule has 1 aromatic carbocycles. The van der Waals surface area contributed by atoms with Gasteiger partial charge >= 0.3 is 0 Å². The average molecular weight is 239 g/mol. The molecule has 0 unspecified atom stereocenters. The molecular formula is C12H17NO4. The van der Waals surface area contributed by atoms with E-state index in [-0.39, 0.29) is 0 Å². The Morgan fingerprint density at radius 3 is 2.82 bits per heavy atom. The summed E-state index contributed by atoms with van der Waals surface area (Å²) in [7, 11) is 3.26. The van der Waals surface area contributed by atoms with Gasteiger partial charge in [0.25, 0.3) is 0 Å². The third kappa shape index (κ3) is 2.69. The number of rotatable bonds is 5. The highest BCUT2D eigenvalue weighted by molar-refractivity contribution is 5.51. The zero-order valence-corrected chi connectivity index (χ0v) is 10.1. The standard InChI is InChI=1S/C12H17NO4/c1-14-8-9-3-4-11-12(17-6-5-16-11)10(9)7-13-15-2/h3-4,13H,5-8H2,1-2H3. The van der Waals surface area contributed by atoms with Crippen molar-refractivity contribution in [3.8, 4) is 11.5 Å². The Balaban J connectivity index is 2.32. The van der Waals surface area contributed by atoms with Gasteiger partial charge in [0, 0.05) is 12.7 Å². The van der Waals surface area contributed by atoms with Gasteiger partial charge in [-0.3, -0.25) is 0 Å². The quantitative estimate of drug-likeness (QED) is 0.784. The van der Waals surface area contributed by atoms with E-state index in [2.05, 4.69) is 5.48 Å². The van der Waals surface area contributed by atoms with Crippen molar-refractivity contribution in [2.75, 3.05) is 27.4 Å². The van der Waals surface area contributed by atoms with E-state index in [4.69, 9.17) is 19.0 Å². The highest BCUT2D eigenvalue weighted by atomic mass is 16.6. The highest BCUT2D eigenvalue weighted by Gasteiger charge is 2.18. The summed E-state index contributed by atoms with van der Waals surface area (Å²) in [6.07, 6.45) is 0. The fourth-order valence-electron chi connectivity index (χ4n) is 1.84. The maximum Gasteiger partial charge on any atom is 0.166 e. The van der Waals surface area contributed by atoms with E-state index >= 15 is 0 Å². The van der Waals surface area contributed by atoms with Crippen LogP contribution in [0.4, 0.5) is 0 Å². The molecule has 1 heterocycles. The van der Waals surface area contributed by atoms with E-state index in [1.54, 1.807) is 14.2 Å². The lowest BCUT2D eigenvalue weighted by molar-refractivity contribution is 0.0839. The summed E-state index contributed by atoms with van der Waals surface area (Å²) in [6, 6.07) is 3.91. The SMILES string of the molecule is COCc1ccc2c(c1CNOC)OCCO2. The Kier molecular flexibility index (Phi) is 4.19. The minimum absolute atomic E-state index is 0.539. The minimum atomic E-state index is 0.539. The van der Waals surface area contributed by atoms with Gasteiger partial charge in [-0.05, 0) is 11.6 Å². The van der Waals surface area contributed by atoms with Gasteiger partial charge in [0.05, 0.1) is 20.3 Å². The third-order valence-corrected chi connectivity index (χ3v) is 2.60. The van der Waals surface area contributed by atoms with E-state index in [1.807, 2.05) is 12.1 Å². The Labute approximate surface area is 101 Å². The molecule has 0 saturated carbocycles. The molecule has 0 aromatic heterocycles. The number of hydrogen-bond acceptors (Lipinski definition) is 5. The van der Waals surface area contributed by atoms with Gasteiger partial charge in [-0.15, -0.1) is 0 Å². The van der Waals surface area contributed by atoms with Gasteiger partial charge in [-0.25, -0.2) is 0 Å². The second-order valence-electron chi connectivity index (χ2n) is 3.69. The normalized spacial score (nSPS) is 13.8. The van der Waals surface area contributed by atoms with Gasteiger partial charge in [-0.1, -0.05) is 6.07 Å². The number of nitrogens with one attached hydrogen (secondary N) is 1. The van der Waals surface area contributed by atoms with Crippen molar-refractivity contribution in [1.82, 2.24) is 5.48 Å². The second-order valence-corrected chi connectivity index (χ2v) is 3.69. The van der Waals surface area contributed by atoms with Crippen LogP contribution in [0.1, 0.15) is 11.1 Å². The zero-order valence-electron chi connectivity index (χ0n) is 10.1. The van der Waals surface area contributed by atoms with Crippen LogP contribution in [-0.2, 0) is 22.7 Å². The van der Waals surface area contributed by atoms with Crippen LogP contribution in [0.25, 0.3) is 0 Å². The van der Waals surface area contributed by atoms with Gasteiger partial charge in [0.15, 0.2) is 11.5 Å². The molecule has 1 aromatic rings. The van der Waals surface area contributed by atoms with Crippen molar-refractivity contribution in [1.29, 1.82) is 0 Å². The van der Waals surface area contributed by atoms with Crippen molar-refractivity contribution in [2.24, 2.45) is 0 Å². The van der Waals surface area contributed by atoms with E-state index in [0.717, 1.165) is 22.6 Å². The summed E-state index contributed by atoms with van der Waals surface area (Å²) in [5, 5.41) is 0. The summed E-state index contributed by atoms with van der Waals surface area (Å²) in [4.78, 5) is 4.88. The number of hydroxylamine groups is 1. The summed E-state index contributed by atoms with van der Waals surface area (Å²) in [5.41, 5.74) is 4.91. The molecule has 1 aliphatic heterocycles. The smallest absolute Gasteiger partial charge is 0.166 e. The van der Waals surface area contributed by atoms with Crippen LogP contribution < -0.4 is 15.0 Å². The zero-order chi connectivity index (χ0) is 12.1. The molecule has 0 spiro atoms. The Morgan fingerprint density at radius 2 is 2.06 bits per heavy atom. The molecule has 0 aliphatic carbocycles. The Hall–Kier alpha value is -1.30. The summed E-state index contributed by atoms with van der Waals surface area (Å²) >= 11 is 0. The van der Waals surface area contributed by atoms with Crippen molar-refractivity contribution in [3.63, 3.8) is 0 Å². The maximum atomic E-state index is 5.66. The van der Waals surface area contributed by atoms with Crippen LogP contribution in [0.5, 0.6) is 11.5 Å². The molecule has 5 nitrogen and oxygen atoms in total. The van der Waals surface area contributed by atoms with E-state index in [9.17, 15) is 0 Å². The lowest BCUT2D eigenvalue weighted by Crippen LogP contribution is -2.20. The van der Waals surface area contributed by atoms with Gasteiger partial charge in [0.2, 0.25) is 0 Å². The van der Waals surface area contributed by atoms with Gasteiger partial charge in [-0.2, -0.15) is 5.48 Å². The fraction of sp³-hybridized carbons (Fsp3) is 0.500. The Bertz CT molecular complexity index is 381. The molecular weight excluding hydrogens is 222 g/mol. The number of fused-ring (bicyclic) bond motifs is 1. The predicted molar refractivity (Wildman–Crippen MR) is 62.0 cm³/mol. The first-order valence-electron chi connectivity index (χ1n) is 5.52. The van der Waals surface area contributed by atoms with Crippen LogP contribution in [0, 0.1) is 0 Å². The number of benzene rings is 1. The molecule has 17 heavy (non-hydrogen) atoms. The fourth-order valence-corrected chi connectivity index (χ4v) is 1.84. The first-order chi connectivity index (χ1) is 8.36. The predicted octanol–water partition coefficient (Wildman–Crippen LogP) is 1.26. The number of methoxy groups -OCH3 is 1. The van der Waals surface area contributed by atoms with Crippen LogP contribution in [-0.4, -0.2) is 27.4 Å². The number of ether oxygens (including phenoxy) is 3. The molecule has 0 fully saturated rings. The molecule has 1 aliphatic rings. The van der Waals surface area contributed by atoms with E-state index < -0.39 is 0 Å². The van der Waals surface area contributed by atoms with Crippen LogP contribution in [0.2, 0.25) is 0 Å². The van der Waals surface area contributed by atoms with Gasteiger partial charge in [0.1, 0.15) is 13.2 Å². The first kappa shape index (κ1) is 12.2. The summed E-state index contributed by atoms with van der Waals surface area (Å²) < 4.78 is 16.4. The lowest BCUT2D eigenvalue weighted by atomic mass is 10.1. The second kappa shape index (κ2) is 5.86. The molecule has 94 valence electrons. The van der Waals surface area contributed by atoms with Crippen molar-refractivity contribution in [3.05, 3.63) is 23.3 Å². The summed E-state index contributed by atoms with van der Waals surface area (Å²) in [5.74, 6) is 1.57. The first-order valence-corrected chi connectivity index (χ1v) is 5.52. The van der Waals surface area contributed by atoms with Crippen molar-refractivity contribution >= 4 is 0 Å². The minimum Gasteiger partial charge on any atom is -0.486 e. The molecule has 5 heteroatoms. The van der Waals surface area contributed by atoms with E-state index in [0.29, 0.717) is 26.4 Å². The maximum absolute atomic E-state index is 5.66. The van der Waals surface area contributed by atoms with Gasteiger partial charge < -0.3 is 19.0 Å². The molecule has 2 rings (SSSR count). The monoisotopic (exact) mass is 239 g/mol.